The van der Waals surface area contributed by atoms with Gasteiger partial charge in [-0.1, -0.05) is 12.1 Å². The average Bonchev–Trinajstić information content (AvgIpc) is 2.60. The van der Waals surface area contributed by atoms with Gasteiger partial charge in [0, 0.05) is 19.6 Å². The van der Waals surface area contributed by atoms with E-state index in [-0.39, 0.29) is 37.6 Å². The minimum absolute atomic E-state index is 0.187. The molecule has 1 aliphatic rings. The number of amides is 1. The number of hydrogen-bond donors (Lipinski definition) is 2. The zero-order valence-electron chi connectivity index (χ0n) is 16.5. The van der Waals surface area contributed by atoms with Crippen LogP contribution in [0.2, 0.25) is 0 Å². The van der Waals surface area contributed by atoms with Crippen LogP contribution in [0.15, 0.2) is 29.2 Å². The Balaban J connectivity index is 1.89. The van der Waals surface area contributed by atoms with Crippen LogP contribution < -0.4 is 10.0 Å². The summed E-state index contributed by atoms with van der Waals surface area (Å²) in [4.78, 5) is 11.6. The Labute approximate surface area is 170 Å². The van der Waals surface area contributed by atoms with Gasteiger partial charge in [-0.15, -0.1) is 0 Å². The average molecular weight is 452 g/mol. The SMILES string of the molecule is CC1CN(S(=O)(=O)CCNC(=O)[C@H](C)NS(=O)(=O)c2ccccc2F)CC(C)O1. The number of halogens is 1. The number of carbonyl (C=O) groups is 1. The molecule has 164 valence electrons. The van der Waals surface area contributed by atoms with E-state index < -0.39 is 42.7 Å². The van der Waals surface area contributed by atoms with Crippen LogP contribution in [0.5, 0.6) is 0 Å². The lowest BCUT2D eigenvalue weighted by Gasteiger charge is -2.34. The van der Waals surface area contributed by atoms with Crippen molar-refractivity contribution in [3.8, 4) is 0 Å². The molecular weight excluding hydrogens is 425 g/mol. The first-order valence-corrected chi connectivity index (χ1v) is 12.2. The lowest BCUT2D eigenvalue weighted by molar-refractivity contribution is -0.122. The second-order valence-corrected chi connectivity index (χ2v) is 10.7. The molecule has 1 fully saturated rings. The first-order chi connectivity index (χ1) is 13.4. The van der Waals surface area contributed by atoms with Crippen LogP contribution in [0.25, 0.3) is 0 Å². The molecule has 0 bridgehead atoms. The number of ether oxygens (including phenoxy) is 1. The molecular formula is C17H26FN3O6S2. The fourth-order valence-corrected chi connectivity index (χ4v) is 5.73. The third kappa shape index (κ3) is 6.44. The largest absolute Gasteiger partial charge is 0.373 e. The van der Waals surface area contributed by atoms with E-state index in [2.05, 4.69) is 10.0 Å². The molecule has 2 rings (SSSR count). The Morgan fingerprint density at radius 2 is 1.79 bits per heavy atom. The molecule has 3 atom stereocenters. The molecule has 9 nitrogen and oxygen atoms in total. The monoisotopic (exact) mass is 451 g/mol. The standard InChI is InChI=1S/C17H26FN3O6S2/c1-12-10-21(11-13(2)27-12)28(23,24)9-8-19-17(22)14(3)20-29(25,26)16-7-5-4-6-15(16)18/h4-7,12-14,20H,8-11H2,1-3H3,(H,19,22)/t12?,13?,14-/m0/s1. The zero-order chi connectivity index (χ0) is 21.8. The van der Waals surface area contributed by atoms with E-state index in [1.165, 1.54) is 23.4 Å². The number of nitrogens with zero attached hydrogens (tertiary/aromatic N) is 1. The number of sulfonamides is 2. The number of benzene rings is 1. The van der Waals surface area contributed by atoms with E-state index in [4.69, 9.17) is 4.74 Å². The van der Waals surface area contributed by atoms with E-state index in [1.54, 1.807) is 13.8 Å². The highest BCUT2D eigenvalue weighted by Crippen LogP contribution is 2.15. The smallest absolute Gasteiger partial charge is 0.244 e. The van der Waals surface area contributed by atoms with Crippen LogP contribution in [0.1, 0.15) is 20.8 Å². The molecule has 1 amide bonds. The first kappa shape index (κ1) is 23.7. The Morgan fingerprint density at radius 1 is 1.21 bits per heavy atom. The molecule has 29 heavy (non-hydrogen) atoms. The van der Waals surface area contributed by atoms with Crippen molar-refractivity contribution in [3.05, 3.63) is 30.1 Å². The van der Waals surface area contributed by atoms with Crippen molar-refractivity contribution < 1.29 is 30.8 Å². The predicted octanol–water partition coefficient (Wildman–Crippen LogP) is 0.0477. The van der Waals surface area contributed by atoms with Gasteiger partial charge >= 0.3 is 0 Å². The molecule has 2 unspecified atom stereocenters. The van der Waals surface area contributed by atoms with Crippen molar-refractivity contribution >= 4 is 26.0 Å². The molecule has 1 aliphatic heterocycles. The lowest BCUT2D eigenvalue weighted by atomic mass is 10.3. The van der Waals surface area contributed by atoms with Gasteiger partial charge in [0.15, 0.2) is 0 Å². The summed E-state index contributed by atoms with van der Waals surface area (Å²) in [6.45, 7) is 5.13. The molecule has 1 saturated heterocycles. The fraction of sp³-hybridized carbons (Fsp3) is 0.588. The molecule has 1 heterocycles. The van der Waals surface area contributed by atoms with Crippen molar-refractivity contribution in [1.29, 1.82) is 0 Å². The third-order valence-electron chi connectivity index (χ3n) is 4.29. The normalized spacial score (nSPS) is 22.2. The van der Waals surface area contributed by atoms with Crippen molar-refractivity contribution in [2.24, 2.45) is 0 Å². The molecule has 1 aromatic rings. The highest BCUT2D eigenvalue weighted by atomic mass is 32.2. The molecule has 0 aromatic heterocycles. The van der Waals surface area contributed by atoms with Crippen LogP contribution in [0, 0.1) is 5.82 Å². The Hall–Kier alpha value is -1.60. The van der Waals surface area contributed by atoms with E-state index in [1.807, 2.05) is 0 Å². The van der Waals surface area contributed by atoms with Crippen molar-refractivity contribution in [3.63, 3.8) is 0 Å². The van der Waals surface area contributed by atoms with Crippen molar-refractivity contribution in [2.45, 2.75) is 43.9 Å². The molecule has 0 spiro atoms. The molecule has 0 saturated carbocycles. The number of rotatable bonds is 8. The van der Waals surface area contributed by atoms with Crippen LogP contribution in [-0.2, 0) is 29.6 Å². The second kappa shape index (κ2) is 9.47. The molecule has 0 radical (unpaired) electrons. The Kier molecular flexibility index (Phi) is 7.74. The lowest BCUT2D eigenvalue weighted by Crippen LogP contribution is -2.50. The van der Waals surface area contributed by atoms with Gasteiger partial charge in [-0.05, 0) is 32.9 Å². The Morgan fingerprint density at radius 3 is 2.38 bits per heavy atom. The van der Waals surface area contributed by atoms with Gasteiger partial charge in [-0.3, -0.25) is 4.79 Å². The summed E-state index contributed by atoms with van der Waals surface area (Å²) >= 11 is 0. The molecule has 2 N–H and O–H groups in total. The van der Waals surface area contributed by atoms with Crippen LogP contribution in [0.4, 0.5) is 4.39 Å². The summed E-state index contributed by atoms with van der Waals surface area (Å²) in [5.41, 5.74) is 0. The number of carbonyl (C=O) groups excluding carboxylic acids is 1. The van der Waals surface area contributed by atoms with E-state index in [0.29, 0.717) is 0 Å². The topological polar surface area (TPSA) is 122 Å². The third-order valence-corrected chi connectivity index (χ3v) is 7.67. The predicted molar refractivity (Wildman–Crippen MR) is 105 cm³/mol. The summed E-state index contributed by atoms with van der Waals surface area (Å²) in [5.74, 6) is -1.98. The minimum atomic E-state index is -4.24. The van der Waals surface area contributed by atoms with Gasteiger partial charge < -0.3 is 10.1 Å². The Bertz CT molecular complexity index is 928. The van der Waals surface area contributed by atoms with Gasteiger partial charge in [0.2, 0.25) is 26.0 Å². The summed E-state index contributed by atoms with van der Waals surface area (Å²) in [5, 5.41) is 2.39. The maximum atomic E-state index is 13.7. The second-order valence-electron chi connectivity index (χ2n) is 6.95. The van der Waals surface area contributed by atoms with Crippen molar-refractivity contribution in [2.75, 3.05) is 25.4 Å². The van der Waals surface area contributed by atoms with Gasteiger partial charge in [0.25, 0.3) is 0 Å². The van der Waals surface area contributed by atoms with Gasteiger partial charge in [0.1, 0.15) is 10.7 Å². The maximum Gasteiger partial charge on any atom is 0.244 e. The number of morpholine rings is 1. The van der Waals surface area contributed by atoms with Crippen molar-refractivity contribution in [1.82, 2.24) is 14.3 Å². The molecule has 1 aromatic carbocycles. The fourth-order valence-electron chi connectivity index (χ4n) is 2.96. The summed E-state index contributed by atoms with van der Waals surface area (Å²) < 4.78 is 72.0. The van der Waals surface area contributed by atoms with Crippen LogP contribution in [-0.4, -0.2) is 70.7 Å². The summed E-state index contributed by atoms with van der Waals surface area (Å²) in [7, 11) is -7.85. The highest BCUT2D eigenvalue weighted by molar-refractivity contribution is 7.89. The molecule has 0 aliphatic carbocycles. The maximum absolute atomic E-state index is 13.7. The van der Waals surface area contributed by atoms with E-state index in [9.17, 15) is 26.0 Å². The highest BCUT2D eigenvalue weighted by Gasteiger charge is 2.31. The summed E-state index contributed by atoms with van der Waals surface area (Å²) in [6.07, 6.45) is -0.452. The number of nitrogens with one attached hydrogen (secondary N) is 2. The van der Waals surface area contributed by atoms with Crippen LogP contribution in [0.3, 0.4) is 0 Å². The first-order valence-electron chi connectivity index (χ1n) is 9.10. The van der Waals surface area contributed by atoms with Crippen LogP contribution >= 0.6 is 0 Å². The van der Waals surface area contributed by atoms with E-state index >= 15 is 0 Å². The quantitative estimate of drug-likeness (QED) is 0.576. The molecule has 12 heteroatoms. The summed E-state index contributed by atoms with van der Waals surface area (Å²) in [6, 6.07) is 3.57. The van der Waals surface area contributed by atoms with Gasteiger partial charge in [-0.25, -0.2) is 21.2 Å². The zero-order valence-corrected chi connectivity index (χ0v) is 18.1. The minimum Gasteiger partial charge on any atom is -0.373 e. The van der Waals surface area contributed by atoms with Gasteiger partial charge in [0.05, 0.1) is 24.0 Å². The number of hydrogen-bond acceptors (Lipinski definition) is 6. The van der Waals surface area contributed by atoms with E-state index in [0.717, 1.165) is 12.1 Å². The van der Waals surface area contributed by atoms with Gasteiger partial charge in [-0.2, -0.15) is 9.03 Å².